The van der Waals surface area contributed by atoms with Crippen molar-refractivity contribution in [1.29, 1.82) is 0 Å². The summed E-state index contributed by atoms with van der Waals surface area (Å²) in [5, 5.41) is 1.08. The van der Waals surface area contributed by atoms with Gasteiger partial charge in [0.25, 0.3) is 5.56 Å². The molecule has 5 nitrogen and oxygen atoms in total. The number of hydrogen-bond donors (Lipinski definition) is 1. The Hall–Kier alpha value is -1.74. The average molecular weight is 399 g/mol. The number of thiophene rings is 1. The topological polar surface area (TPSA) is 63.6 Å². The van der Waals surface area contributed by atoms with Crippen molar-refractivity contribution in [1.82, 2.24) is 19.5 Å². The van der Waals surface area contributed by atoms with Gasteiger partial charge >= 0.3 is 6.55 Å². The second kappa shape index (κ2) is 7.87. The van der Waals surface area contributed by atoms with Crippen molar-refractivity contribution in [2.24, 2.45) is 5.92 Å². The molecule has 26 heavy (non-hydrogen) atoms. The summed E-state index contributed by atoms with van der Waals surface area (Å²) >= 11 is 2.70. The number of hydrogen-bond acceptors (Lipinski definition) is 5. The molecule has 0 aliphatic rings. The van der Waals surface area contributed by atoms with Gasteiger partial charge in [0.2, 0.25) is 0 Å². The Morgan fingerprint density at radius 3 is 2.88 bits per heavy atom. The number of nitrogens with one attached hydrogen (secondary N) is 1. The molecular weight excluding hydrogens is 378 g/mol. The zero-order valence-electron chi connectivity index (χ0n) is 14.8. The van der Waals surface area contributed by atoms with E-state index in [-0.39, 0.29) is 17.1 Å². The Bertz CT molecular complexity index is 963. The molecule has 0 bridgehead atoms. The molecule has 3 rings (SSSR count). The van der Waals surface area contributed by atoms with Crippen LogP contribution < -0.4 is 5.56 Å². The number of aromatic nitrogens is 4. The number of imidazole rings is 1. The fraction of sp³-hybridized carbons (Fsp3) is 0.471. The number of H-pyrrole nitrogens is 1. The molecule has 1 N–H and O–H groups in total. The van der Waals surface area contributed by atoms with E-state index in [0.29, 0.717) is 21.3 Å². The van der Waals surface area contributed by atoms with Gasteiger partial charge in [-0.15, -0.1) is 11.3 Å². The zero-order valence-corrected chi connectivity index (χ0v) is 16.4. The van der Waals surface area contributed by atoms with Crippen LogP contribution in [-0.2, 0) is 12.2 Å². The van der Waals surface area contributed by atoms with Crippen LogP contribution >= 0.6 is 23.1 Å². The molecule has 0 spiro atoms. The van der Waals surface area contributed by atoms with Crippen LogP contribution in [0.1, 0.15) is 43.1 Å². The number of halogens is 2. The lowest BCUT2D eigenvalue weighted by Gasteiger charge is -2.08. The van der Waals surface area contributed by atoms with Crippen LogP contribution in [-0.4, -0.2) is 19.5 Å². The monoisotopic (exact) mass is 398 g/mol. The Labute approximate surface area is 157 Å². The summed E-state index contributed by atoms with van der Waals surface area (Å²) < 4.78 is 26.6. The molecular formula is C17H20F2N4OS2. The third-order valence-corrected chi connectivity index (χ3v) is 6.30. The summed E-state index contributed by atoms with van der Waals surface area (Å²) in [6.45, 7) is 3.68. The van der Waals surface area contributed by atoms with Crippen LogP contribution in [0, 0.1) is 12.8 Å². The second-order valence-electron chi connectivity index (χ2n) is 6.22. The summed E-state index contributed by atoms with van der Waals surface area (Å²) in [7, 11) is 0. The van der Waals surface area contributed by atoms with Crippen molar-refractivity contribution in [2.45, 2.75) is 51.1 Å². The van der Waals surface area contributed by atoms with Crippen molar-refractivity contribution >= 4 is 33.3 Å². The second-order valence-corrected chi connectivity index (χ2v) is 8.39. The van der Waals surface area contributed by atoms with E-state index < -0.39 is 6.55 Å². The molecule has 0 aliphatic carbocycles. The van der Waals surface area contributed by atoms with Gasteiger partial charge in [0, 0.05) is 17.3 Å². The highest BCUT2D eigenvalue weighted by Crippen LogP contribution is 2.31. The highest BCUT2D eigenvalue weighted by Gasteiger charge is 2.18. The van der Waals surface area contributed by atoms with Crippen molar-refractivity contribution in [3.05, 3.63) is 39.0 Å². The van der Waals surface area contributed by atoms with Gasteiger partial charge in [-0.05, 0) is 24.8 Å². The minimum absolute atomic E-state index is 0.169. The minimum Gasteiger partial charge on any atom is -0.301 e. The van der Waals surface area contributed by atoms with E-state index in [1.54, 1.807) is 0 Å². The third-order valence-electron chi connectivity index (χ3n) is 4.39. The molecule has 3 aromatic rings. The maximum Gasteiger partial charge on any atom is 0.319 e. The predicted octanol–water partition coefficient (Wildman–Crippen LogP) is 4.77. The number of rotatable bonds is 7. The molecule has 0 radical (unpaired) electrons. The number of nitrogens with zero attached hydrogens (tertiary/aromatic N) is 3. The smallest absolute Gasteiger partial charge is 0.301 e. The van der Waals surface area contributed by atoms with E-state index in [1.807, 2.05) is 6.92 Å². The van der Waals surface area contributed by atoms with Gasteiger partial charge in [0.05, 0.1) is 11.1 Å². The number of fused-ring (bicyclic) bond motifs is 1. The third kappa shape index (κ3) is 3.83. The van der Waals surface area contributed by atoms with Gasteiger partial charge in [0.1, 0.15) is 10.7 Å². The average Bonchev–Trinajstić information content (AvgIpc) is 3.18. The van der Waals surface area contributed by atoms with Crippen molar-refractivity contribution in [2.75, 3.05) is 0 Å². The summed E-state index contributed by atoms with van der Waals surface area (Å²) in [4.78, 5) is 25.7. The molecule has 0 saturated carbocycles. The highest BCUT2D eigenvalue weighted by molar-refractivity contribution is 7.98. The molecule has 0 saturated heterocycles. The summed E-state index contributed by atoms with van der Waals surface area (Å²) in [6.07, 6.45) is 4.48. The molecule has 0 fully saturated rings. The van der Waals surface area contributed by atoms with Gasteiger partial charge in [-0.2, -0.15) is 8.78 Å². The molecule has 140 valence electrons. The maximum atomic E-state index is 12.9. The van der Waals surface area contributed by atoms with Gasteiger partial charge in [-0.1, -0.05) is 32.0 Å². The van der Waals surface area contributed by atoms with E-state index in [2.05, 4.69) is 28.8 Å². The van der Waals surface area contributed by atoms with Crippen molar-refractivity contribution < 1.29 is 8.78 Å². The summed E-state index contributed by atoms with van der Waals surface area (Å²) in [5.41, 5.74) is 0.898. The standard InChI is InChI=1S/C17H20F2N4OS2/c1-4-9(2)7-11-10(3)26-15-13(11)14(24)21-17(22-15)25-8-12-20-5-6-23(12)16(18)19/h5-6,9,16H,4,7-8H2,1-3H3,(H,21,22,24). The van der Waals surface area contributed by atoms with E-state index in [0.717, 1.165) is 27.8 Å². The van der Waals surface area contributed by atoms with Gasteiger partial charge in [0.15, 0.2) is 5.16 Å². The van der Waals surface area contributed by atoms with E-state index >= 15 is 0 Å². The van der Waals surface area contributed by atoms with E-state index in [1.165, 1.54) is 35.5 Å². The minimum atomic E-state index is -2.63. The highest BCUT2D eigenvalue weighted by atomic mass is 32.2. The fourth-order valence-corrected chi connectivity index (χ4v) is 4.65. The molecule has 1 unspecified atom stereocenters. The lowest BCUT2D eigenvalue weighted by molar-refractivity contribution is 0.0678. The Morgan fingerprint density at radius 2 is 2.19 bits per heavy atom. The summed E-state index contributed by atoms with van der Waals surface area (Å²) in [6, 6.07) is 0. The van der Waals surface area contributed by atoms with Gasteiger partial charge in [-0.25, -0.2) is 9.97 Å². The van der Waals surface area contributed by atoms with Gasteiger partial charge in [-0.3, -0.25) is 9.36 Å². The Morgan fingerprint density at radius 1 is 1.42 bits per heavy atom. The van der Waals surface area contributed by atoms with E-state index in [4.69, 9.17) is 0 Å². The number of thioether (sulfide) groups is 1. The fourth-order valence-electron chi connectivity index (χ4n) is 2.73. The molecule has 0 aliphatic heterocycles. The lowest BCUT2D eigenvalue weighted by Crippen LogP contribution is -2.11. The molecule has 0 aromatic carbocycles. The Balaban J connectivity index is 1.87. The van der Waals surface area contributed by atoms with Crippen LogP contribution in [0.3, 0.4) is 0 Å². The molecule has 1 atom stereocenters. The predicted molar refractivity (Wildman–Crippen MR) is 101 cm³/mol. The Kier molecular flexibility index (Phi) is 5.76. The first-order valence-corrected chi connectivity index (χ1v) is 10.2. The first kappa shape index (κ1) is 19.0. The first-order chi connectivity index (χ1) is 12.4. The van der Waals surface area contributed by atoms with Gasteiger partial charge < -0.3 is 4.98 Å². The lowest BCUT2D eigenvalue weighted by atomic mass is 9.98. The van der Waals surface area contributed by atoms with Crippen molar-refractivity contribution in [3.8, 4) is 0 Å². The normalized spacial score (nSPS) is 13.0. The maximum absolute atomic E-state index is 12.9. The first-order valence-electron chi connectivity index (χ1n) is 8.35. The van der Waals surface area contributed by atoms with E-state index in [9.17, 15) is 13.6 Å². The SMILES string of the molecule is CCC(C)Cc1c(C)sc2nc(SCc3nccn3C(F)F)[nH]c(=O)c12. The summed E-state index contributed by atoms with van der Waals surface area (Å²) in [5.74, 6) is 0.941. The zero-order chi connectivity index (χ0) is 18.8. The quantitative estimate of drug-likeness (QED) is 0.460. The molecule has 3 heterocycles. The van der Waals surface area contributed by atoms with Crippen LogP contribution in [0.5, 0.6) is 0 Å². The van der Waals surface area contributed by atoms with Crippen LogP contribution in [0.4, 0.5) is 8.78 Å². The molecule has 9 heteroatoms. The molecule has 0 amide bonds. The van der Waals surface area contributed by atoms with Crippen LogP contribution in [0.2, 0.25) is 0 Å². The van der Waals surface area contributed by atoms with Crippen molar-refractivity contribution in [3.63, 3.8) is 0 Å². The number of aromatic amines is 1. The number of alkyl halides is 2. The van der Waals surface area contributed by atoms with Crippen LogP contribution in [0.15, 0.2) is 22.3 Å². The molecule has 3 aromatic heterocycles. The van der Waals surface area contributed by atoms with Crippen LogP contribution in [0.25, 0.3) is 10.2 Å². The largest absolute Gasteiger partial charge is 0.319 e. The number of aryl methyl sites for hydroxylation is 1.